The summed E-state index contributed by atoms with van der Waals surface area (Å²) in [5.41, 5.74) is 0.847. The molecule has 2 nitrogen and oxygen atoms in total. The number of pyridine rings is 1. The van der Waals surface area contributed by atoms with Gasteiger partial charge in [-0.1, -0.05) is 0 Å². The predicted octanol–water partition coefficient (Wildman–Crippen LogP) is 4.08. The summed E-state index contributed by atoms with van der Waals surface area (Å²) in [6, 6.07) is 9.44. The van der Waals surface area contributed by atoms with Crippen molar-refractivity contribution in [2.75, 3.05) is 0 Å². The number of ether oxygens (including phenoxy) is 1. The molecule has 0 bridgehead atoms. The third kappa shape index (κ3) is 2.58. The Hall–Kier alpha value is -1.42. The van der Waals surface area contributed by atoms with Crippen LogP contribution in [0.25, 0.3) is 0 Å². The Morgan fingerprint density at radius 3 is 2.44 bits per heavy atom. The van der Waals surface area contributed by atoms with Crippen molar-refractivity contribution in [1.82, 2.24) is 4.98 Å². The minimum Gasteiger partial charge on any atom is -0.439 e. The van der Waals surface area contributed by atoms with Gasteiger partial charge in [-0.05, 0) is 53.2 Å². The molecule has 16 heavy (non-hydrogen) atoms. The first kappa shape index (κ1) is 11.1. The molecule has 0 saturated heterocycles. The van der Waals surface area contributed by atoms with Crippen LogP contribution < -0.4 is 4.74 Å². The molecule has 0 aliphatic carbocycles. The fourth-order valence-electron chi connectivity index (χ4n) is 1.20. The van der Waals surface area contributed by atoms with E-state index < -0.39 is 0 Å². The van der Waals surface area contributed by atoms with Gasteiger partial charge in [0, 0.05) is 10.5 Å². The molecule has 0 amide bonds. The molecule has 2 aromatic rings. The zero-order valence-corrected chi connectivity index (χ0v) is 10.2. The van der Waals surface area contributed by atoms with E-state index in [1.807, 2.05) is 13.0 Å². The molecule has 0 atom stereocenters. The standard InChI is InChI=1S/C12H9BrFNO/c1-8-11(13)6-7-12(15-8)16-10-4-2-9(14)3-5-10/h2-7H,1H3. The molecule has 0 spiro atoms. The quantitative estimate of drug-likeness (QED) is 0.827. The van der Waals surface area contributed by atoms with Crippen LogP contribution in [-0.4, -0.2) is 4.98 Å². The molecule has 4 heteroatoms. The second-order valence-electron chi connectivity index (χ2n) is 3.27. The van der Waals surface area contributed by atoms with Gasteiger partial charge in [0.2, 0.25) is 5.88 Å². The smallest absolute Gasteiger partial charge is 0.219 e. The van der Waals surface area contributed by atoms with Crippen LogP contribution in [0.1, 0.15) is 5.69 Å². The lowest BCUT2D eigenvalue weighted by Gasteiger charge is -2.05. The van der Waals surface area contributed by atoms with Crippen LogP contribution in [-0.2, 0) is 0 Å². The molecule has 2 rings (SSSR count). The fourth-order valence-corrected chi connectivity index (χ4v) is 1.42. The van der Waals surface area contributed by atoms with Crippen molar-refractivity contribution in [3.05, 3.63) is 52.4 Å². The predicted molar refractivity (Wildman–Crippen MR) is 63.1 cm³/mol. The molecule has 0 fully saturated rings. The highest BCUT2D eigenvalue weighted by Gasteiger charge is 2.01. The topological polar surface area (TPSA) is 22.1 Å². The molecule has 1 aromatic heterocycles. The summed E-state index contributed by atoms with van der Waals surface area (Å²) >= 11 is 3.36. The van der Waals surface area contributed by atoms with Gasteiger partial charge in [-0.3, -0.25) is 0 Å². The van der Waals surface area contributed by atoms with E-state index in [-0.39, 0.29) is 5.82 Å². The Labute approximate surface area is 101 Å². The third-order valence-corrected chi connectivity index (χ3v) is 2.87. The Morgan fingerprint density at radius 1 is 1.12 bits per heavy atom. The molecule has 0 aliphatic heterocycles. The highest BCUT2D eigenvalue weighted by Crippen LogP contribution is 2.22. The minimum absolute atomic E-state index is 0.285. The van der Waals surface area contributed by atoms with Gasteiger partial charge in [0.1, 0.15) is 11.6 Å². The lowest BCUT2D eigenvalue weighted by molar-refractivity contribution is 0.460. The average Bonchev–Trinajstić information content (AvgIpc) is 2.27. The Kier molecular flexibility index (Phi) is 3.19. The van der Waals surface area contributed by atoms with Crippen molar-refractivity contribution in [3.63, 3.8) is 0 Å². The maximum atomic E-state index is 12.7. The third-order valence-electron chi connectivity index (χ3n) is 2.03. The van der Waals surface area contributed by atoms with Crippen molar-refractivity contribution in [3.8, 4) is 11.6 Å². The van der Waals surface area contributed by atoms with Crippen molar-refractivity contribution < 1.29 is 9.13 Å². The first-order valence-corrected chi connectivity index (χ1v) is 5.51. The zero-order valence-electron chi connectivity index (χ0n) is 8.58. The summed E-state index contributed by atoms with van der Waals surface area (Å²) in [5.74, 6) is 0.773. The molecule has 0 radical (unpaired) electrons. The number of halogens is 2. The van der Waals surface area contributed by atoms with Crippen LogP contribution in [0, 0.1) is 12.7 Å². The molecule has 0 aliphatic rings. The van der Waals surface area contributed by atoms with Crippen molar-refractivity contribution >= 4 is 15.9 Å². The van der Waals surface area contributed by atoms with Crippen molar-refractivity contribution in [2.45, 2.75) is 6.92 Å². The van der Waals surface area contributed by atoms with Gasteiger partial charge in [0.15, 0.2) is 0 Å². The number of rotatable bonds is 2. The summed E-state index contributed by atoms with van der Waals surface area (Å²) in [4.78, 5) is 4.23. The molecule has 0 unspecified atom stereocenters. The first-order valence-electron chi connectivity index (χ1n) is 4.72. The van der Waals surface area contributed by atoms with E-state index in [1.54, 1.807) is 18.2 Å². The van der Waals surface area contributed by atoms with Crippen LogP contribution in [0.5, 0.6) is 11.6 Å². The normalized spacial score (nSPS) is 10.2. The van der Waals surface area contributed by atoms with Crippen LogP contribution in [0.2, 0.25) is 0 Å². The van der Waals surface area contributed by atoms with Gasteiger partial charge in [-0.25, -0.2) is 9.37 Å². The van der Waals surface area contributed by atoms with E-state index in [2.05, 4.69) is 20.9 Å². The molecule has 82 valence electrons. The van der Waals surface area contributed by atoms with Gasteiger partial charge in [0.05, 0.1) is 5.69 Å². The number of aryl methyl sites for hydroxylation is 1. The van der Waals surface area contributed by atoms with Crippen LogP contribution in [0.4, 0.5) is 4.39 Å². The average molecular weight is 282 g/mol. The maximum absolute atomic E-state index is 12.7. The summed E-state index contributed by atoms with van der Waals surface area (Å²) in [6.45, 7) is 1.88. The second-order valence-corrected chi connectivity index (χ2v) is 4.13. The van der Waals surface area contributed by atoms with Crippen molar-refractivity contribution in [2.24, 2.45) is 0 Å². The summed E-state index contributed by atoms with van der Waals surface area (Å²) in [6.07, 6.45) is 0. The Morgan fingerprint density at radius 2 is 1.81 bits per heavy atom. The number of benzene rings is 1. The lowest BCUT2D eigenvalue weighted by atomic mass is 10.3. The summed E-state index contributed by atoms with van der Waals surface area (Å²) < 4.78 is 19.1. The van der Waals surface area contributed by atoms with E-state index in [0.29, 0.717) is 11.6 Å². The van der Waals surface area contributed by atoms with E-state index in [4.69, 9.17) is 4.74 Å². The highest BCUT2D eigenvalue weighted by atomic mass is 79.9. The van der Waals surface area contributed by atoms with Crippen LogP contribution >= 0.6 is 15.9 Å². The maximum Gasteiger partial charge on any atom is 0.219 e. The molecular weight excluding hydrogens is 273 g/mol. The van der Waals surface area contributed by atoms with Crippen LogP contribution in [0.15, 0.2) is 40.9 Å². The van der Waals surface area contributed by atoms with Crippen molar-refractivity contribution in [1.29, 1.82) is 0 Å². The first-order chi connectivity index (χ1) is 7.65. The van der Waals surface area contributed by atoms with Gasteiger partial charge in [-0.15, -0.1) is 0 Å². The highest BCUT2D eigenvalue weighted by molar-refractivity contribution is 9.10. The van der Waals surface area contributed by atoms with E-state index >= 15 is 0 Å². The van der Waals surface area contributed by atoms with Crippen LogP contribution in [0.3, 0.4) is 0 Å². The zero-order chi connectivity index (χ0) is 11.5. The monoisotopic (exact) mass is 281 g/mol. The van der Waals surface area contributed by atoms with E-state index in [1.165, 1.54) is 12.1 Å². The fraction of sp³-hybridized carbons (Fsp3) is 0.0833. The van der Waals surface area contributed by atoms with Gasteiger partial charge in [0.25, 0.3) is 0 Å². The van der Waals surface area contributed by atoms with Gasteiger partial charge in [-0.2, -0.15) is 0 Å². The SMILES string of the molecule is Cc1nc(Oc2ccc(F)cc2)ccc1Br. The molecule has 0 N–H and O–H groups in total. The number of nitrogens with zero attached hydrogens (tertiary/aromatic N) is 1. The Bertz CT molecular complexity index is 499. The molecule has 1 heterocycles. The largest absolute Gasteiger partial charge is 0.439 e. The number of aromatic nitrogens is 1. The second kappa shape index (κ2) is 4.61. The Balaban J connectivity index is 2.20. The number of hydrogen-bond donors (Lipinski definition) is 0. The minimum atomic E-state index is -0.285. The lowest BCUT2D eigenvalue weighted by Crippen LogP contribution is -1.90. The summed E-state index contributed by atoms with van der Waals surface area (Å²) in [7, 11) is 0. The number of hydrogen-bond acceptors (Lipinski definition) is 2. The molecule has 1 aromatic carbocycles. The molecule has 0 saturated carbocycles. The summed E-state index contributed by atoms with van der Waals surface area (Å²) in [5, 5.41) is 0. The van der Waals surface area contributed by atoms with E-state index in [0.717, 1.165) is 10.2 Å². The van der Waals surface area contributed by atoms with Gasteiger partial charge >= 0.3 is 0 Å². The van der Waals surface area contributed by atoms with Gasteiger partial charge < -0.3 is 4.74 Å². The van der Waals surface area contributed by atoms with E-state index in [9.17, 15) is 4.39 Å². The molecular formula is C12H9BrFNO.